The van der Waals surface area contributed by atoms with Crippen molar-refractivity contribution in [2.45, 2.75) is 64.8 Å². The van der Waals surface area contributed by atoms with Crippen LogP contribution in [0.1, 0.15) is 52.7 Å². The predicted octanol–water partition coefficient (Wildman–Crippen LogP) is 6.71. The third-order valence-corrected chi connectivity index (χ3v) is 7.12. The van der Waals surface area contributed by atoms with Gasteiger partial charge in [-0.2, -0.15) is 0 Å². The number of benzene rings is 3. The van der Waals surface area contributed by atoms with Gasteiger partial charge in [0.1, 0.15) is 23.7 Å². The highest BCUT2D eigenvalue weighted by atomic mass is 16.6. The van der Waals surface area contributed by atoms with E-state index in [1.807, 2.05) is 18.2 Å². The predicted molar refractivity (Wildman–Crippen MR) is 173 cm³/mol. The Balaban J connectivity index is 1.58. The maximum Gasteiger partial charge on any atom is 0.408 e. The maximum atomic E-state index is 12.8. The summed E-state index contributed by atoms with van der Waals surface area (Å²) in [6.45, 7) is 17.6. The molecule has 0 radical (unpaired) electrons. The molecule has 0 aliphatic carbocycles. The maximum absolute atomic E-state index is 12.8. The van der Waals surface area contributed by atoms with E-state index in [0.29, 0.717) is 22.6 Å². The standard InChI is InChI=1S/C36H40N2O8/c1-23(31(39)45-29-18-11-9-12-19-29)25(3)43-33(41)37-35(5,6)27-16-15-17-28(22-27)36(7,8)38-34(42)44-26(4)24(2)32(40)46-30-20-13-10-14-21-30/h9-22,25-26H,1-2H2,3-8H3,(H,37,41)(H,38,42). The van der Waals surface area contributed by atoms with E-state index in [9.17, 15) is 19.2 Å². The van der Waals surface area contributed by atoms with Crippen LogP contribution in [0, 0.1) is 0 Å². The fraction of sp³-hybridized carbons (Fsp3) is 0.278. The zero-order chi connectivity index (χ0) is 34.1. The summed E-state index contributed by atoms with van der Waals surface area (Å²) in [7, 11) is 0. The van der Waals surface area contributed by atoms with Gasteiger partial charge in [0, 0.05) is 0 Å². The van der Waals surface area contributed by atoms with Gasteiger partial charge in [0.25, 0.3) is 0 Å². The molecule has 3 aromatic rings. The number of nitrogens with one attached hydrogen (secondary N) is 2. The molecule has 0 fully saturated rings. The minimum absolute atomic E-state index is 0.0236. The molecule has 0 aliphatic rings. The summed E-state index contributed by atoms with van der Waals surface area (Å²) in [6.07, 6.45) is -3.44. The van der Waals surface area contributed by atoms with Crippen LogP contribution in [0.2, 0.25) is 0 Å². The van der Waals surface area contributed by atoms with Crippen LogP contribution in [-0.4, -0.2) is 36.3 Å². The summed E-state index contributed by atoms with van der Waals surface area (Å²) in [5.41, 5.74) is -0.452. The molecule has 0 spiro atoms. The Morgan fingerprint density at radius 2 is 0.935 bits per heavy atom. The SMILES string of the molecule is C=C(C(=O)Oc1ccccc1)C(C)OC(=O)NC(C)(C)c1cccc(C(C)(C)NC(=O)OC(C)C(=C)C(=O)Oc2ccccc2)c1. The number of carbonyl (C=O) groups excluding carboxylic acids is 4. The van der Waals surface area contributed by atoms with Crippen LogP contribution in [0.3, 0.4) is 0 Å². The van der Waals surface area contributed by atoms with E-state index >= 15 is 0 Å². The van der Waals surface area contributed by atoms with Gasteiger partial charge >= 0.3 is 24.1 Å². The van der Waals surface area contributed by atoms with Crippen LogP contribution < -0.4 is 20.1 Å². The number of hydrogen-bond donors (Lipinski definition) is 2. The van der Waals surface area contributed by atoms with Gasteiger partial charge in [-0.15, -0.1) is 0 Å². The number of hydrogen-bond acceptors (Lipinski definition) is 8. The van der Waals surface area contributed by atoms with Gasteiger partial charge in [-0.25, -0.2) is 19.2 Å². The van der Waals surface area contributed by atoms with Gasteiger partial charge in [0.15, 0.2) is 0 Å². The molecule has 0 saturated heterocycles. The van der Waals surface area contributed by atoms with Crippen LogP contribution >= 0.6 is 0 Å². The number of carbonyl (C=O) groups is 4. The van der Waals surface area contributed by atoms with Crippen LogP contribution in [0.4, 0.5) is 9.59 Å². The third kappa shape index (κ3) is 9.82. The molecular formula is C36H40N2O8. The minimum atomic E-state index is -0.953. The van der Waals surface area contributed by atoms with Gasteiger partial charge in [-0.3, -0.25) is 0 Å². The van der Waals surface area contributed by atoms with Crippen LogP contribution in [0.5, 0.6) is 11.5 Å². The molecule has 0 aromatic heterocycles. The zero-order valence-corrected chi connectivity index (χ0v) is 26.9. The molecule has 10 heteroatoms. The van der Waals surface area contributed by atoms with Crippen molar-refractivity contribution in [1.82, 2.24) is 10.6 Å². The van der Waals surface area contributed by atoms with Crippen molar-refractivity contribution in [1.29, 1.82) is 0 Å². The van der Waals surface area contributed by atoms with Gasteiger partial charge in [-0.05, 0) is 76.9 Å². The van der Waals surface area contributed by atoms with E-state index < -0.39 is 47.4 Å². The lowest BCUT2D eigenvalue weighted by Gasteiger charge is -2.31. The Morgan fingerprint density at radius 1 is 0.587 bits per heavy atom. The minimum Gasteiger partial charge on any atom is -0.441 e. The molecular weight excluding hydrogens is 588 g/mol. The number of alkyl carbamates (subject to hydrolysis) is 2. The molecule has 2 unspecified atom stereocenters. The third-order valence-electron chi connectivity index (χ3n) is 7.12. The van der Waals surface area contributed by atoms with Crippen molar-refractivity contribution in [3.05, 3.63) is 120 Å². The molecule has 2 N–H and O–H groups in total. The number of para-hydroxylation sites is 2. The lowest BCUT2D eigenvalue weighted by Crippen LogP contribution is -2.44. The molecule has 3 rings (SSSR count). The zero-order valence-electron chi connectivity index (χ0n) is 26.9. The normalized spacial score (nSPS) is 12.5. The molecule has 46 heavy (non-hydrogen) atoms. The summed E-state index contributed by atoms with van der Waals surface area (Å²) < 4.78 is 21.4. The quantitative estimate of drug-likeness (QED) is 0.129. The van der Waals surface area contributed by atoms with Gasteiger partial charge < -0.3 is 29.6 Å². The Bertz CT molecular complexity index is 1470. The molecule has 0 heterocycles. The molecule has 242 valence electrons. The average Bonchev–Trinajstić information content (AvgIpc) is 3.00. The topological polar surface area (TPSA) is 129 Å². The molecule has 10 nitrogen and oxygen atoms in total. The van der Waals surface area contributed by atoms with Crippen LogP contribution in [0.25, 0.3) is 0 Å². The average molecular weight is 629 g/mol. The summed E-state index contributed by atoms with van der Waals surface area (Å²) in [5.74, 6) is -0.726. The largest absolute Gasteiger partial charge is 0.441 e. The van der Waals surface area contributed by atoms with E-state index in [2.05, 4.69) is 23.8 Å². The lowest BCUT2D eigenvalue weighted by atomic mass is 9.87. The first-order valence-electron chi connectivity index (χ1n) is 14.6. The van der Waals surface area contributed by atoms with Crippen LogP contribution in [0.15, 0.2) is 109 Å². The second-order valence-corrected chi connectivity index (χ2v) is 11.6. The molecule has 0 aliphatic heterocycles. The van der Waals surface area contributed by atoms with E-state index in [1.54, 1.807) is 94.4 Å². The molecule has 2 amide bonds. The molecule has 0 saturated carbocycles. The van der Waals surface area contributed by atoms with E-state index in [-0.39, 0.29) is 11.1 Å². The second-order valence-electron chi connectivity index (χ2n) is 11.6. The smallest absolute Gasteiger partial charge is 0.408 e. The Morgan fingerprint density at radius 3 is 1.28 bits per heavy atom. The summed E-state index contributed by atoms with van der Waals surface area (Å²) in [4.78, 5) is 50.5. The number of ether oxygens (including phenoxy) is 4. The summed E-state index contributed by atoms with van der Waals surface area (Å²) in [5, 5.41) is 5.63. The molecule has 2 atom stereocenters. The van der Waals surface area contributed by atoms with Crippen molar-refractivity contribution in [2.75, 3.05) is 0 Å². The van der Waals surface area contributed by atoms with Crippen molar-refractivity contribution in [2.24, 2.45) is 0 Å². The van der Waals surface area contributed by atoms with Gasteiger partial charge in [-0.1, -0.05) is 73.8 Å². The van der Waals surface area contributed by atoms with E-state index in [0.717, 1.165) is 0 Å². The number of esters is 2. The fourth-order valence-corrected chi connectivity index (χ4v) is 4.13. The Kier molecular flexibility index (Phi) is 11.5. The van der Waals surface area contributed by atoms with Crippen molar-refractivity contribution < 1.29 is 38.1 Å². The Labute approximate surface area is 269 Å². The first kappa shape index (κ1) is 35.1. The highest BCUT2D eigenvalue weighted by Gasteiger charge is 2.30. The summed E-state index contributed by atoms with van der Waals surface area (Å²) in [6, 6.07) is 24.3. The van der Waals surface area contributed by atoms with E-state index in [1.165, 1.54) is 13.8 Å². The van der Waals surface area contributed by atoms with Crippen molar-refractivity contribution >= 4 is 24.1 Å². The number of rotatable bonds is 12. The number of amides is 2. The van der Waals surface area contributed by atoms with Crippen molar-refractivity contribution in [3.8, 4) is 11.5 Å². The first-order valence-corrected chi connectivity index (χ1v) is 14.6. The first-order chi connectivity index (χ1) is 21.6. The van der Waals surface area contributed by atoms with E-state index in [4.69, 9.17) is 18.9 Å². The van der Waals surface area contributed by atoms with Crippen molar-refractivity contribution in [3.63, 3.8) is 0 Å². The Hall–Kier alpha value is -5.38. The van der Waals surface area contributed by atoms with Crippen LogP contribution in [-0.2, 0) is 30.1 Å². The molecule has 3 aromatic carbocycles. The highest BCUT2D eigenvalue weighted by molar-refractivity contribution is 5.91. The highest BCUT2D eigenvalue weighted by Crippen LogP contribution is 2.27. The van der Waals surface area contributed by atoms with Gasteiger partial charge in [0.05, 0.1) is 22.2 Å². The fourth-order valence-electron chi connectivity index (χ4n) is 4.13. The van der Waals surface area contributed by atoms with Gasteiger partial charge in [0.2, 0.25) is 0 Å². The second kappa shape index (κ2) is 15.1. The monoisotopic (exact) mass is 628 g/mol. The lowest BCUT2D eigenvalue weighted by molar-refractivity contribution is -0.132. The molecule has 0 bridgehead atoms. The summed E-state index contributed by atoms with van der Waals surface area (Å²) >= 11 is 0.